The molecule has 3 rings (SSSR count). The third-order valence-corrected chi connectivity index (χ3v) is 5.49. The van der Waals surface area contributed by atoms with Gasteiger partial charge in [-0.3, -0.25) is 4.79 Å². The van der Waals surface area contributed by atoms with Gasteiger partial charge in [-0.15, -0.1) is 11.8 Å². The summed E-state index contributed by atoms with van der Waals surface area (Å²) >= 11 is 7.39. The first kappa shape index (κ1) is 18.7. The molecular weight excluding hydrogens is 377 g/mol. The highest BCUT2D eigenvalue weighted by molar-refractivity contribution is 8.00. The number of carbonyl (C=O) groups is 2. The average Bonchev–Trinajstić information content (AvgIpc) is 2.77. The maximum absolute atomic E-state index is 13.8. The number of hydrogen-bond donors (Lipinski definition) is 0. The Balaban J connectivity index is 1.71. The topological polar surface area (TPSA) is 46.6 Å². The van der Waals surface area contributed by atoms with Crippen molar-refractivity contribution in [2.24, 2.45) is 0 Å². The summed E-state index contributed by atoms with van der Waals surface area (Å²) in [6.45, 7) is 2.20. The van der Waals surface area contributed by atoms with Crippen LogP contribution in [0.25, 0.3) is 0 Å². The predicted octanol–water partition coefficient (Wildman–Crippen LogP) is 4.55. The van der Waals surface area contributed by atoms with Gasteiger partial charge >= 0.3 is 5.97 Å². The molecule has 0 unspecified atom stereocenters. The van der Waals surface area contributed by atoms with Crippen LogP contribution in [0.3, 0.4) is 0 Å². The number of anilines is 1. The summed E-state index contributed by atoms with van der Waals surface area (Å²) in [6.07, 6.45) is 0.824. The highest BCUT2D eigenvalue weighted by Crippen LogP contribution is 2.37. The molecule has 4 nitrogen and oxygen atoms in total. The van der Waals surface area contributed by atoms with Gasteiger partial charge in [0.25, 0.3) is 5.91 Å². The number of ether oxygens (including phenoxy) is 1. The zero-order valence-corrected chi connectivity index (χ0v) is 15.6. The van der Waals surface area contributed by atoms with Gasteiger partial charge in [0, 0.05) is 21.7 Å². The average molecular weight is 394 g/mol. The second-order valence-electron chi connectivity index (χ2n) is 5.93. The molecule has 0 aromatic heterocycles. The lowest BCUT2D eigenvalue weighted by Gasteiger charge is -2.22. The van der Waals surface area contributed by atoms with Crippen molar-refractivity contribution in [3.63, 3.8) is 0 Å². The maximum Gasteiger partial charge on any atom is 0.341 e. The molecule has 0 radical (unpaired) electrons. The van der Waals surface area contributed by atoms with E-state index >= 15 is 0 Å². The third-order valence-electron chi connectivity index (χ3n) is 4.02. The number of rotatable bonds is 3. The van der Waals surface area contributed by atoms with Gasteiger partial charge in [0.2, 0.25) is 0 Å². The minimum Gasteiger partial charge on any atom is -0.452 e. The van der Waals surface area contributed by atoms with Crippen LogP contribution in [0.5, 0.6) is 0 Å². The molecule has 1 amide bonds. The molecule has 0 spiro atoms. The fourth-order valence-corrected chi connectivity index (χ4v) is 3.96. The van der Waals surface area contributed by atoms with E-state index in [4.69, 9.17) is 16.3 Å². The van der Waals surface area contributed by atoms with Gasteiger partial charge in [-0.1, -0.05) is 30.7 Å². The molecule has 0 fully saturated rings. The normalized spacial score (nSPS) is 16.6. The molecule has 0 saturated carbocycles. The lowest BCUT2D eigenvalue weighted by molar-refractivity contribution is -0.121. The van der Waals surface area contributed by atoms with E-state index in [0.29, 0.717) is 11.8 Å². The van der Waals surface area contributed by atoms with Gasteiger partial charge in [0.1, 0.15) is 5.82 Å². The number of amides is 1. The van der Waals surface area contributed by atoms with E-state index in [9.17, 15) is 14.0 Å². The number of fused-ring (bicyclic) bond motifs is 1. The lowest BCUT2D eigenvalue weighted by Crippen LogP contribution is -2.35. The molecular formula is C19H17ClFNO3S. The van der Waals surface area contributed by atoms with E-state index in [0.717, 1.165) is 23.1 Å². The SMILES string of the molecule is C[C@H]1CCN(C(=O)COC(=O)c2ccc(Cl)cc2F)c2ccccc2S1. The standard InChI is InChI=1S/C19H17ClFNO3S/c1-12-8-9-22(16-4-2-3-5-17(16)26-12)18(23)11-25-19(24)14-7-6-13(20)10-15(14)21/h2-7,10,12H,8-9,11H2,1H3/t12-/m0/s1. The maximum atomic E-state index is 13.8. The van der Waals surface area contributed by atoms with Gasteiger partial charge < -0.3 is 9.64 Å². The molecule has 136 valence electrons. The van der Waals surface area contributed by atoms with Gasteiger partial charge in [-0.2, -0.15) is 0 Å². The molecule has 0 bridgehead atoms. The largest absolute Gasteiger partial charge is 0.452 e. The summed E-state index contributed by atoms with van der Waals surface area (Å²) in [4.78, 5) is 27.3. The van der Waals surface area contributed by atoms with Gasteiger partial charge in [-0.05, 0) is 36.8 Å². The Hall–Kier alpha value is -2.05. The number of hydrogen-bond acceptors (Lipinski definition) is 4. The minimum absolute atomic E-state index is 0.183. The molecule has 1 aliphatic rings. The van der Waals surface area contributed by atoms with Crippen molar-refractivity contribution in [3.8, 4) is 0 Å². The Labute approximate surface area is 160 Å². The van der Waals surface area contributed by atoms with E-state index in [2.05, 4.69) is 6.92 Å². The molecule has 0 N–H and O–H groups in total. The summed E-state index contributed by atoms with van der Waals surface area (Å²) in [5.41, 5.74) is 0.559. The summed E-state index contributed by atoms with van der Waals surface area (Å²) < 4.78 is 18.8. The predicted molar refractivity (Wildman–Crippen MR) is 100 cm³/mol. The van der Waals surface area contributed by atoms with Crippen molar-refractivity contribution in [1.29, 1.82) is 0 Å². The fraction of sp³-hybridized carbons (Fsp3) is 0.263. The zero-order chi connectivity index (χ0) is 18.7. The monoisotopic (exact) mass is 393 g/mol. The molecule has 0 aliphatic carbocycles. The van der Waals surface area contributed by atoms with Crippen LogP contribution in [0.2, 0.25) is 5.02 Å². The molecule has 1 atom stereocenters. The molecule has 1 heterocycles. The Morgan fingerprint density at radius 2 is 2.08 bits per heavy atom. The molecule has 0 saturated heterocycles. The van der Waals surface area contributed by atoms with E-state index in [-0.39, 0.29) is 16.5 Å². The number of benzene rings is 2. The van der Waals surface area contributed by atoms with Crippen molar-refractivity contribution in [3.05, 3.63) is 58.9 Å². The van der Waals surface area contributed by atoms with Crippen molar-refractivity contribution in [2.75, 3.05) is 18.1 Å². The Kier molecular flexibility index (Phi) is 5.84. The highest BCUT2D eigenvalue weighted by Gasteiger charge is 2.25. The molecule has 7 heteroatoms. The summed E-state index contributed by atoms with van der Waals surface area (Å²) in [6, 6.07) is 11.3. The summed E-state index contributed by atoms with van der Waals surface area (Å²) in [5.74, 6) is -2.01. The fourth-order valence-electron chi connectivity index (χ4n) is 2.68. The molecule has 26 heavy (non-hydrogen) atoms. The van der Waals surface area contributed by atoms with E-state index in [1.807, 2.05) is 24.3 Å². The van der Waals surface area contributed by atoms with Crippen LogP contribution >= 0.6 is 23.4 Å². The van der Waals surface area contributed by atoms with Crippen LogP contribution in [0.1, 0.15) is 23.7 Å². The molecule has 1 aliphatic heterocycles. The first-order valence-corrected chi connectivity index (χ1v) is 9.39. The highest BCUT2D eigenvalue weighted by atomic mass is 35.5. The van der Waals surface area contributed by atoms with Crippen LogP contribution in [0, 0.1) is 5.82 Å². The van der Waals surface area contributed by atoms with Crippen molar-refractivity contribution in [1.82, 2.24) is 0 Å². The van der Waals surface area contributed by atoms with Crippen LogP contribution in [-0.2, 0) is 9.53 Å². The third kappa shape index (κ3) is 4.19. The number of carbonyl (C=O) groups excluding carboxylic acids is 2. The van der Waals surface area contributed by atoms with E-state index in [1.165, 1.54) is 12.1 Å². The number of thioether (sulfide) groups is 1. The van der Waals surface area contributed by atoms with Crippen molar-refractivity contribution >= 4 is 40.9 Å². The smallest absolute Gasteiger partial charge is 0.341 e. The van der Waals surface area contributed by atoms with E-state index < -0.39 is 18.4 Å². The van der Waals surface area contributed by atoms with Crippen LogP contribution in [0.15, 0.2) is 47.4 Å². The number of para-hydroxylation sites is 1. The van der Waals surface area contributed by atoms with Crippen LogP contribution in [0.4, 0.5) is 10.1 Å². The lowest BCUT2D eigenvalue weighted by atomic mass is 10.2. The van der Waals surface area contributed by atoms with Gasteiger partial charge in [0.05, 0.1) is 11.3 Å². The van der Waals surface area contributed by atoms with Gasteiger partial charge in [0.15, 0.2) is 6.61 Å². The quantitative estimate of drug-likeness (QED) is 0.717. The molecule has 2 aromatic carbocycles. The van der Waals surface area contributed by atoms with Crippen LogP contribution in [-0.4, -0.2) is 30.3 Å². The summed E-state index contributed by atoms with van der Waals surface area (Å²) in [5, 5.41) is 0.558. The Morgan fingerprint density at radius 1 is 1.31 bits per heavy atom. The second kappa shape index (κ2) is 8.10. The number of esters is 1. The van der Waals surface area contributed by atoms with Crippen LogP contribution < -0.4 is 4.90 Å². The first-order chi connectivity index (χ1) is 12.5. The Morgan fingerprint density at radius 3 is 2.85 bits per heavy atom. The Bertz CT molecular complexity index is 845. The van der Waals surface area contributed by atoms with E-state index in [1.54, 1.807) is 16.7 Å². The second-order valence-corrected chi connectivity index (χ2v) is 7.85. The van der Waals surface area contributed by atoms with Crippen molar-refractivity contribution in [2.45, 2.75) is 23.5 Å². The van der Waals surface area contributed by atoms with Crippen molar-refractivity contribution < 1.29 is 18.7 Å². The molecule has 2 aromatic rings. The first-order valence-electron chi connectivity index (χ1n) is 8.14. The number of halogens is 2. The van der Waals surface area contributed by atoms with Gasteiger partial charge in [-0.25, -0.2) is 9.18 Å². The summed E-state index contributed by atoms with van der Waals surface area (Å²) in [7, 11) is 0. The number of nitrogens with zero attached hydrogens (tertiary/aromatic N) is 1. The minimum atomic E-state index is -0.890. The zero-order valence-electron chi connectivity index (χ0n) is 14.1.